The van der Waals surface area contributed by atoms with Gasteiger partial charge in [-0.05, 0) is 49.8 Å². The number of unbranched alkanes of at least 4 members (excludes halogenated alkanes) is 9. The molecule has 284 valence electrons. The van der Waals surface area contributed by atoms with Crippen LogP contribution in [0.2, 0.25) is 0 Å². The Balaban J connectivity index is 2.02. The predicted molar refractivity (Wildman–Crippen MR) is 189 cm³/mol. The fourth-order valence-electron chi connectivity index (χ4n) is 6.15. The molecule has 11 nitrogen and oxygen atoms in total. The number of hydrogen-bond acceptors (Lipinski definition) is 10. The first-order valence-electron chi connectivity index (χ1n) is 18.6. The number of aliphatic hydroxyl groups is 1. The van der Waals surface area contributed by atoms with Gasteiger partial charge in [0.25, 0.3) is 0 Å². The van der Waals surface area contributed by atoms with E-state index in [-0.39, 0.29) is 19.4 Å². The number of amides is 1. The van der Waals surface area contributed by atoms with Crippen LogP contribution >= 0.6 is 0 Å². The van der Waals surface area contributed by atoms with Gasteiger partial charge in [0.1, 0.15) is 17.4 Å². The molecule has 0 aromatic heterocycles. The molecule has 0 aliphatic carbocycles. The fourth-order valence-corrected chi connectivity index (χ4v) is 6.15. The highest BCUT2D eigenvalue weighted by Gasteiger charge is 2.42. The van der Waals surface area contributed by atoms with Gasteiger partial charge in [0.15, 0.2) is 5.79 Å². The lowest BCUT2D eigenvalue weighted by atomic mass is 9.83. The number of benzene rings is 1. The first kappa shape index (κ1) is 43.2. The van der Waals surface area contributed by atoms with Gasteiger partial charge in [-0.15, -0.1) is 0 Å². The molecule has 1 amide bonds. The van der Waals surface area contributed by atoms with Gasteiger partial charge in [0, 0.05) is 39.4 Å². The first-order valence-corrected chi connectivity index (χ1v) is 18.6. The van der Waals surface area contributed by atoms with Crippen molar-refractivity contribution in [1.82, 2.24) is 5.32 Å². The Morgan fingerprint density at radius 1 is 0.920 bits per heavy atom. The summed E-state index contributed by atoms with van der Waals surface area (Å²) in [6.07, 6.45) is 16.8. The molecular formula is C39H62NO10-. The topological polar surface area (TPSA) is 153 Å². The summed E-state index contributed by atoms with van der Waals surface area (Å²) in [6, 6.07) is 6.03. The van der Waals surface area contributed by atoms with Crippen LogP contribution in [0.15, 0.2) is 36.4 Å². The second-order valence-corrected chi connectivity index (χ2v) is 13.2. The lowest BCUT2D eigenvalue weighted by Gasteiger charge is -2.35. The van der Waals surface area contributed by atoms with Crippen LogP contribution in [-0.2, 0) is 39.8 Å². The highest BCUT2D eigenvalue weighted by atomic mass is 16.7. The van der Waals surface area contributed by atoms with Gasteiger partial charge in [-0.1, -0.05) is 83.1 Å². The first-order chi connectivity index (χ1) is 24.1. The molecule has 1 aromatic rings. The fraction of sp³-hybridized carbons (Fsp3) is 0.718. The van der Waals surface area contributed by atoms with E-state index in [1.54, 1.807) is 30.3 Å². The Labute approximate surface area is 299 Å². The van der Waals surface area contributed by atoms with Crippen molar-refractivity contribution in [2.24, 2.45) is 5.92 Å². The second-order valence-electron chi connectivity index (χ2n) is 13.2. The van der Waals surface area contributed by atoms with E-state index in [0.29, 0.717) is 32.0 Å². The van der Waals surface area contributed by atoms with Crippen LogP contribution in [0.1, 0.15) is 116 Å². The summed E-state index contributed by atoms with van der Waals surface area (Å²) in [4.78, 5) is 38.7. The Kier molecular flexibility index (Phi) is 20.9. The molecule has 1 saturated heterocycles. The van der Waals surface area contributed by atoms with Crippen LogP contribution in [0.25, 0.3) is 0 Å². The molecule has 11 heteroatoms. The quantitative estimate of drug-likeness (QED) is 0.0677. The van der Waals surface area contributed by atoms with Crippen LogP contribution < -0.4 is 15.2 Å². The Hall–Kier alpha value is -2.99. The van der Waals surface area contributed by atoms with E-state index in [1.165, 1.54) is 46.0 Å². The monoisotopic (exact) mass is 704 g/mol. The maximum atomic E-state index is 13.7. The van der Waals surface area contributed by atoms with Crippen molar-refractivity contribution in [3.8, 4) is 5.75 Å². The molecule has 0 radical (unpaired) electrons. The van der Waals surface area contributed by atoms with Crippen LogP contribution in [0.3, 0.4) is 0 Å². The number of carbonyl (C=O) groups excluding carboxylic acids is 3. The number of carboxylic acids is 1. The maximum absolute atomic E-state index is 13.7. The molecule has 2 N–H and O–H groups in total. The van der Waals surface area contributed by atoms with Gasteiger partial charge in [-0.25, -0.2) is 4.79 Å². The Morgan fingerprint density at radius 3 is 2.12 bits per heavy atom. The Bertz CT molecular complexity index is 1130. The van der Waals surface area contributed by atoms with E-state index < -0.39 is 41.2 Å². The largest absolute Gasteiger partial charge is 0.547 e. The normalized spacial score (nSPS) is 16.5. The summed E-state index contributed by atoms with van der Waals surface area (Å²) in [7, 11) is 2.58. The number of aliphatic carboxylic acids is 1. The number of carbonyl (C=O) groups is 3. The number of ether oxygens (including phenoxy) is 5. The van der Waals surface area contributed by atoms with E-state index in [2.05, 4.69) is 19.2 Å². The maximum Gasteiger partial charge on any atom is 0.328 e. The highest BCUT2D eigenvalue weighted by molar-refractivity contribution is 5.92. The molecular weight excluding hydrogens is 642 g/mol. The summed E-state index contributed by atoms with van der Waals surface area (Å²) in [5.74, 6) is -4.66. The van der Waals surface area contributed by atoms with Gasteiger partial charge in [0.05, 0.1) is 38.8 Å². The summed E-state index contributed by atoms with van der Waals surface area (Å²) in [6.45, 7) is 6.04. The number of allylic oxidation sites excluding steroid dienone is 1. The minimum Gasteiger partial charge on any atom is -0.547 e. The Morgan fingerprint density at radius 2 is 1.54 bits per heavy atom. The third-order valence-electron chi connectivity index (χ3n) is 9.25. The summed E-state index contributed by atoms with van der Waals surface area (Å²) in [5.41, 5.74) is -1.84. The van der Waals surface area contributed by atoms with Crippen LogP contribution in [0, 0.1) is 5.92 Å². The molecule has 3 atom stereocenters. The third-order valence-corrected chi connectivity index (χ3v) is 9.25. The smallest absolute Gasteiger partial charge is 0.328 e. The zero-order valence-corrected chi connectivity index (χ0v) is 30.9. The van der Waals surface area contributed by atoms with Gasteiger partial charge < -0.3 is 44.0 Å². The summed E-state index contributed by atoms with van der Waals surface area (Å²) in [5, 5.41) is 26.2. The van der Waals surface area contributed by atoms with Crippen molar-refractivity contribution in [2.75, 3.05) is 40.6 Å². The second kappa shape index (κ2) is 24.2. The van der Waals surface area contributed by atoms with Gasteiger partial charge in [-0.2, -0.15) is 0 Å². The molecule has 2 rings (SSSR count). The molecule has 1 fully saturated rings. The lowest BCUT2D eigenvalue weighted by Crippen LogP contribution is -2.59. The lowest BCUT2D eigenvalue weighted by molar-refractivity contribution is -0.327. The zero-order chi connectivity index (χ0) is 36.7. The van der Waals surface area contributed by atoms with Gasteiger partial charge >= 0.3 is 5.97 Å². The molecule has 1 aromatic carbocycles. The van der Waals surface area contributed by atoms with Crippen molar-refractivity contribution in [1.29, 1.82) is 0 Å². The van der Waals surface area contributed by atoms with Crippen LogP contribution in [-0.4, -0.2) is 81.0 Å². The average Bonchev–Trinajstić information content (AvgIpc) is 3.58. The van der Waals surface area contributed by atoms with Crippen molar-refractivity contribution in [3.05, 3.63) is 42.0 Å². The molecule has 0 saturated carbocycles. The minimum atomic E-state index is -2.57. The summed E-state index contributed by atoms with van der Waals surface area (Å²) >= 11 is 0. The molecule has 0 unspecified atom stereocenters. The standard InChI is InChI=1S/C39H63NO10/c1-5-7-9-13-16-23-38(49-28-29-50-38)24-17-14-11-10-12-15-18-33(39(45,37(43)44)25-27-46-3)35(41)40-34(36(42)47-4)30-31-19-21-32(22-20-31)48-26-8-6-2/h15,18-22,33-34,45H,5-14,16-17,23-30H2,1-4H3,(H,40,41)(H,43,44)/p-1/b18-15+/t33-,34+,39+/m1/s1. The number of esters is 1. The number of methoxy groups -OCH3 is 2. The molecule has 0 spiro atoms. The zero-order valence-electron chi connectivity index (χ0n) is 30.9. The summed E-state index contributed by atoms with van der Waals surface area (Å²) < 4.78 is 27.7. The SMILES string of the molecule is CCCCCCCC1(CCCCCC/C=C/[C@H](C(=O)N[C@@H](Cc2ccc(OCCCC)cc2)C(=O)OC)[C@@](O)(CCOC)C(=O)[O-])OCCO1. The number of nitrogens with one attached hydrogen (secondary N) is 1. The predicted octanol–water partition coefficient (Wildman–Crippen LogP) is 5.20. The van der Waals surface area contributed by atoms with Crippen molar-refractivity contribution in [3.63, 3.8) is 0 Å². The number of rotatable bonds is 28. The van der Waals surface area contributed by atoms with E-state index in [1.807, 2.05) is 0 Å². The van der Waals surface area contributed by atoms with E-state index in [9.17, 15) is 24.6 Å². The van der Waals surface area contributed by atoms with Crippen LogP contribution in [0.5, 0.6) is 5.75 Å². The molecule has 0 bridgehead atoms. The van der Waals surface area contributed by atoms with Crippen molar-refractivity contribution < 1.29 is 48.3 Å². The number of carboxylic acid groups (broad SMARTS) is 1. The van der Waals surface area contributed by atoms with Crippen LogP contribution in [0.4, 0.5) is 0 Å². The third kappa shape index (κ3) is 15.1. The average molecular weight is 705 g/mol. The molecule has 1 aliphatic heterocycles. The van der Waals surface area contributed by atoms with Crippen molar-refractivity contribution >= 4 is 17.8 Å². The molecule has 50 heavy (non-hydrogen) atoms. The van der Waals surface area contributed by atoms with E-state index >= 15 is 0 Å². The molecule has 1 heterocycles. The van der Waals surface area contributed by atoms with E-state index in [0.717, 1.165) is 63.4 Å². The van der Waals surface area contributed by atoms with Gasteiger partial charge in [-0.3, -0.25) is 4.79 Å². The van der Waals surface area contributed by atoms with Gasteiger partial charge in [0.2, 0.25) is 5.91 Å². The minimum absolute atomic E-state index is 0.0854. The van der Waals surface area contributed by atoms with Crippen molar-refractivity contribution in [2.45, 2.75) is 134 Å². The van der Waals surface area contributed by atoms with E-state index in [4.69, 9.17) is 23.7 Å². The highest BCUT2D eigenvalue weighted by Crippen LogP contribution is 2.32. The molecule has 1 aliphatic rings. The number of hydrogen-bond donors (Lipinski definition) is 2.